The average Bonchev–Trinajstić information content (AvgIpc) is 2.89. The second-order valence-electron chi connectivity index (χ2n) is 3.62. The maximum Gasteiger partial charge on any atom is 0.396 e. The molecule has 0 unspecified atom stereocenters. The molecule has 8 heteroatoms. The van der Waals surface area contributed by atoms with Crippen LogP contribution in [0, 0.1) is 5.82 Å². The highest BCUT2D eigenvalue weighted by Gasteiger charge is 2.16. The highest BCUT2D eigenvalue weighted by molar-refractivity contribution is 9.10. The van der Waals surface area contributed by atoms with Gasteiger partial charge in [0.05, 0.1) is 6.61 Å². The van der Waals surface area contributed by atoms with E-state index in [1.54, 1.807) is 13.0 Å². The Morgan fingerprint density at radius 3 is 3.05 bits per heavy atom. The van der Waals surface area contributed by atoms with Gasteiger partial charge in [-0.2, -0.15) is 0 Å². The van der Waals surface area contributed by atoms with Crippen LogP contribution in [0.2, 0.25) is 0 Å². The highest BCUT2D eigenvalue weighted by Crippen LogP contribution is 2.26. The van der Waals surface area contributed by atoms with Crippen molar-refractivity contribution in [2.24, 2.45) is 0 Å². The molecule has 0 aliphatic carbocycles. The molecule has 0 amide bonds. The van der Waals surface area contributed by atoms with E-state index in [1.165, 1.54) is 23.9 Å². The van der Waals surface area contributed by atoms with Crippen molar-refractivity contribution in [3.63, 3.8) is 0 Å². The first-order valence-electron chi connectivity index (χ1n) is 5.67. The van der Waals surface area contributed by atoms with E-state index in [2.05, 4.69) is 26.1 Å². The molecule has 1 aromatic heterocycles. The Morgan fingerprint density at radius 1 is 1.50 bits per heavy atom. The molecule has 0 saturated heterocycles. The van der Waals surface area contributed by atoms with Crippen molar-refractivity contribution >= 4 is 33.7 Å². The Labute approximate surface area is 127 Å². The van der Waals surface area contributed by atoms with Crippen LogP contribution in [0.5, 0.6) is 0 Å². The van der Waals surface area contributed by atoms with Gasteiger partial charge in [0.15, 0.2) is 0 Å². The molecule has 5 nitrogen and oxygen atoms in total. The number of hydrogen-bond acceptors (Lipinski definition) is 6. The van der Waals surface area contributed by atoms with Gasteiger partial charge in [-0.05, 0) is 30.7 Å². The first-order valence-corrected chi connectivity index (χ1v) is 7.45. The molecule has 0 atom stereocenters. The van der Waals surface area contributed by atoms with Crippen molar-refractivity contribution in [3.05, 3.63) is 39.9 Å². The number of thioether (sulfide) groups is 1. The number of hydrogen-bond donors (Lipinski definition) is 0. The lowest BCUT2D eigenvalue weighted by Crippen LogP contribution is -2.04. The Kier molecular flexibility index (Phi) is 5.13. The van der Waals surface area contributed by atoms with Gasteiger partial charge < -0.3 is 9.15 Å². The third kappa shape index (κ3) is 3.80. The van der Waals surface area contributed by atoms with Gasteiger partial charge in [-0.3, -0.25) is 0 Å². The lowest BCUT2D eigenvalue weighted by molar-refractivity contribution is 0.0475. The number of halogens is 2. The fraction of sp³-hybridized carbons (Fsp3) is 0.250. The van der Waals surface area contributed by atoms with E-state index in [0.717, 1.165) is 10.0 Å². The van der Waals surface area contributed by atoms with E-state index < -0.39 is 5.97 Å². The summed E-state index contributed by atoms with van der Waals surface area (Å²) < 4.78 is 23.8. The van der Waals surface area contributed by atoms with Crippen LogP contribution < -0.4 is 0 Å². The molecule has 0 aliphatic heterocycles. The maximum absolute atomic E-state index is 13.1. The first-order chi connectivity index (χ1) is 9.60. The number of nitrogens with zero attached hydrogens (tertiary/aromatic N) is 2. The molecule has 0 spiro atoms. The zero-order valence-electron chi connectivity index (χ0n) is 10.4. The van der Waals surface area contributed by atoms with Crippen LogP contribution in [0.3, 0.4) is 0 Å². The summed E-state index contributed by atoms with van der Waals surface area (Å²) in [6.45, 7) is 1.92. The summed E-state index contributed by atoms with van der Waals surface area (Å²) in [5, 5.41) is 7.54. The van der Waals surface area contributed by atoms with Crippen LogP contribution in [0.4, 0.5) is 4.39 Å². The third-order valence-corrected chi connectivity index (χ3v) is 3.86. The van der Waals surface area contributed by atoms with Crippen molar-refractivity contribution < 1.29 is 18.3 Å². The molecule has 0 radical (unpaired) electrons. The minimum absolute atomic E-state index is 0.187. The fourth-order valence-electron chi connectivity index (χ4n) is 1.34. The molecule has 1 heterocycles. The Hall–Kier alpha value is -1.41. The van der Waals surface area contributed by atoms with Crippen molar-refractivity contribution in [2.75, 3.05) is 6.61 Å². The normalized spacial score (nSPS) is 10.6. The SMILES string of the molecule is CCOC(=O)c1nnc(SCc2cc(F)ccc2Br)o1. The number of esters is 1. The van der Waals surface area contributed by atoms with Gasteiger partial charge in [-0.25, -0.2) is 9.18 Å². The molecule has 0 N–H and O–H groups in total. The molecular formula is C12H10BrFN2O3S. The van der Waals surface area contributed by atoms with Gasteiger partial charge in [0, 0.05) is 10.2 Å². The smallest absolute Gasteiger partial charge is 0.396 e. The Morgan fingerprint density at radius 2 is 2.30 bits per heavy atom. The molecule has 0 aliphatic rings. The van der Waals surface area contributed by atoms with Gasteiger partial charge >= 0.3 is 11.9 Å². The summed E-state index contributed by atoms with van der Waals surface area (Å²) >= 11 is 4.54. The molecule has 1 aromatic carbocycles. The summed E-state index contributed by atoms with van der Waals surface area (Å²) in [4.78, 5) is 11.3. The number of rotatable bonds is 5. The van der Waals surface area contributed by atoms with Gasteiger partial charge in [0.2, 0.25) is 0 Å². The highest BCUT2D eigenvalue weighted by atomic mass is 79.9. The zero-order valence-corrected chi connectivity index (χ0v) is 12.8. The predicted molar refractivity (Wildman–Crippen MR) is 73.9 cm³/mol. The summed E-state index contributed by atoms with van der Waals surface area (Å²) in [5.74, 6) is -0.726. The van der Waals surface area contributed by atoms with E-state index in [0.29, 0.717) is 5.75 Å². The number of carbonyl (C=O) groups excluding carboxylic acids is 1. The monoisotopic (exact) mass is 360 g/mol. The molecule has 20 heavy (non-hydrogen) atoms. The molecular weight excluding hydrogens is 351 g/mol. The quantitative estimate of drug-likeness (QED) is 0.601. The van der Waals surface area contributed by atoms with Crippen LogP contribution in [-0.4, -0.2) is 22.8 Å². The summed E-state index contributed by atoms with van der Waals surface area (Å²) in [6.07, 6.45) is 0. The third-order valence-electron chi connectivity index (χ3n) is 2.22. The van der Waals surface area contributed by atoms with E-state index in [4.69, 9.17) is 9.15 Å². The Balaban J connectivity index is 2.01. The Bertz CT molecular complexity index is 620. The van der Waals surface area contributed by atoms with Crippen molar-refractivity contribution in [3.8, 4) is 0 Å². The molecule has 2 aromatic rings. The molecule has 0 fully saturated rings. The van der Waals surface area contributed by atoms with Crippen molar-refractivity contribution in [1.82, 2.24) is 10.2 Å². The minimum Gasteiger partial charge on any atom is -0.459 e. The standard InChI is InChI=1S/C12H10BrFN2O3S/c1-2-18-11(17)10-15-16-12(19-10)20-6-7-5-8(14)3-4-9(7)13/h3-5H,2,6H2,1H3. The van der Waals surface area contributed by atoms with E-state index in [-0.39, 0.29) is 23.5 Å². The van der Waals surface area contributed by atoms with Crippen molar-refractivity contribution in [2.45, 2.75) is 17.9 Å². The van der Waals surface area contributed by atoms with Crippen LogP contribution in [0.25, 0.3) is 0 Å². The van der Waals surface area contributed by atoms with Gasteiger partial charge in [0.25, 0.3) is 5.22 Å². The minimum atomic E-state index is -0.654. The van der Waals surface area contributed by atoms with Crippen LogP contribution in [0.1, 0.15) is 23.2 Å². The molecule has 0 bridgehead atoms. The number of aromatic nitrogens is 2. The number of benzene rings is 1. The lowest BCUT2D eigenvalue weighted by atomic mass is 10.2. The molecule has 0 saturated carbocycles. The van der Waals surface area contributed by atoms with E-state index >= 15 is 0 Å². The molecule has 106 valence electrons. The number of carbonyl (C=O) groups is 1. The number of ether oxygens (including phenoxy) is 1. The average molecular weight is 361 g/mol. The van der Waals surface area contributed by atoms with Gasteiger partial charge in [-0.1, -0.05) is 32.8 Å². The largest absolute Gasteiger partial charge is 0.459 e. The zero-order chi connectivity index (χ0) is 14.5. The second kappa shape index (κ2) is 6.85. The van der Waals surface area contributed by atoms with E-state index in [9.17, 15) is 9.18 Å². The predicted octanol–water partition coefficient (Wildman–Crippen LogP) is 3.44. The first kappa shape index (κ1) is 15.0. The summed E-state index contributed by atoms with van der Waals surface area (Å²) in [7, 11) is 0. The topological polar surface area (TPSA) is 65.2 Å². The maximum atomic E-state index is 13.1. The van der Waals surface area contributed by atoms with Gasteiger partial charge in [0.1, 0.15) is 5.82 Å². The van der Waals surface area contributed by atoms with Crippen LogP contribution in [0.15, 0.2) is 32.3 Å². The van der Waals surface area contributed by atoms with Crippen molar-refractivity contribution in [1.29, 1.82) is 0 Å². The fourth-order valence-corrected chi connectivity index (χ4v) is 2.66. The second-order valence-corrected chi connectivity index (χ2v) is 5.40. The van der Waals surface area contributed by atoms with Crippen LogP contribution >= 0.6 is 27.7 Å². The summed E-state index contributed by atoms with van der Waals surface area (Å²) in [6, 6.07) is 4.41. The van der Waals surface area contributed by atoms with Crippen LogP contribution in [-0.2, 0) is 10.5 Å². The molecule has 2 rings (SSSR count). The van der Waals surface area contributed by atoms with Gasteiger partial charge in [-0.15, -0.1) is 5.10 Å². The van der Waals surface area contributed by atoms with E-state index in [1.807, 2.05) is 0 Å². The summed E-state index contributed by atoms with van der Waals surface area (Å²) in [5.41, 5.74) is 0.755. The lowest BCUT2D eigenvalue weighted by Gasteiger charge is -2.02.